The van der Waals surface area contributed by atoms with Crippen molar-refractivity contribution in [1.82, 2.24) is 20.2 Å². The number of carboxylic acid groups (broad SMARTS) is 1. The normalized spacial score (nSPS) is 14.9. The van der Waals surface area contributed by atoms with Crippen molar-refractivity contribution >= 4 is 11.7 Å². The molecule has 0 bridgehead atoms. The molecule has 3 N–H and O–H groups in total. The molecule has 1 heterocycles. The maximum Gasteiger partial charge on any atom is 0.303 e. The maximum absolute atomic E-state index is 10.7. The molecule has 0 unspecified atom stereocenters. The first kappa shape index (κ1) is 20.1. The molecule has 0 atom stereocenters. The molecule has 2 aromatic rings. The van der Waals surface area contributed by atoms with Crippen LogP contribution in [0.3, 0.4) is 0 Å². The highest BCUT2D eigenvalue weighted by Gasteiger charge is 2.19. The maximum atomic E-state index is 10.7. The molecule has 8 nitrogen and oxygen atoms in total. The molecule has 1 aliphatic carbocycles. The van der Waals surface area contributed by atoms with Crippen LogP contribution in [0, 0.1) is 0 Å². The molecule has 0 radical (unpaired) electrons. The van der Waals surface area contributed by atoms with Gasteiger partial charge in [0, 0.05) is 18.5 Å². The van der Waals surface area contributed by atoms with Crippen molar-refractivity contribution in [3.05, 3.63) is 29.6 Å². The number of nitrogens with two attached hydrogens (primary N) is 1. The van der Waals surface area contributed by atoms with Crippen molar-refractivity contribution in [3.63, 3.8) is 0 Å². The van der Waals surface area contributed by atoms with E-state index in [0.29, 0.717) is 24.8 Å². The fourth-order valence-electron chi connectivity index (χ4n) is 3.69. The smallest absolute Gasteiger partial charge is 0.303 e. The lowest BCUT2D eigenvalue weighted by Crippen LogP contribution is -2.17. The molecule has 0 saturated heterocycles. The third-order valence-electron chi connectivity index (χ3n) is 5.27. The summed E-state index contributed by atoms with van der Waals surface area (Å²) in [7, 11) is 0. The number of carboxylic acids is 1. The van der Waals surface area contributed by atoms with Gasteiger partial charge in [0.25, 0.3) is 0 Å². The van der Waals surface area contributed by atoms with Crippen LogP contribution < -0.4 is 10.5 Å². The highest BCUT2D eigenvalue weighted by Crippen LogP contribution is 2.28. The van der Waals surface area contributed by atoms with E-state index in [2.05, 4.69) is 15.5 Å². The summed E-state index contributed by atoms with van der Waals surface area (Å²) in [6, 6.07) is 5.88. The van der Waals surface area contributed by atoms with Gasteiger partial charge in [0.2, 0.25) is 0 Å². The Kier molecular flexibility index (Phi) is 7.22. The first-order chi connectivity index (χ1) is 13.6. The third kappa shape index (κ3) is 5.68. The van der Waals surface area contributed by atoms with Crippen molar-refractivity contribution < 1.29 is 14.6 Å². The highest BCUT2D eigenvalue weighted by molar-refractivity contribution is 5.67. The monoisotopic (exact) mass is 387 g/mol. The molecular formula is C20H29N5O3. The Morgan fingerprint density at radius 3 is 2.82 bits per heavy atom. The van der Waals surface area contributed by atoms with Crippen LogP contribution in [0.4, 0.5) is 5.69 Å². The number of tetrazole rings is 1. The van der Waals surface area contributed by atoms with Crippen LogP contribution in [0.5, 0.6) is 5.75 Å². The molecule has 3 rings (SSSR count). The molecule has 152 valence electrons. The van der Waals surface area contributed by atoms with Gasteiger partial charge in [-0.15, -0.1) is 5.10 Å². The molecule has 1 aromatic heterocycles. The molecule has 28 heavy (non-hydrogen) atoms. The fourth-order valence-corrected chi connectivity index (χ4v) is 3.69. The summed E-state index contributed by atoms with van der Waals surface area (Å²) in [5.74, 6) is 0.859. The summed E-state index contributed by atoms with van der Waals surface area (Å²) in [5.41, 5.74) is 7.32. The molecular weight excluding hydrogens is 358 g/mol. The van der Waals surface area contributed by atoms with Crippen LogP contribution in [0.15, 0.2) is 18.2 Å². The van der Waals surface area contributed by atoms with Gasteiger partial charge in [-0.1, -0.05) is 19.3 Å². The molecule has 1 fully saturated rings. The Bertz CT molecular complexity index is 771. The van der Waals surface area contributed by atoms with E-state index in [1.807, 2.05) is 16.8 Å². The zero-order valence-electron chi connectivity index (χ0n) is 16.2. The van der Waals surface area contributed by atoms with Gasteiger partial charge in [-0.05, 0) is 66.3 Å². The molecule has 0 amide bonds. The highest BCUT2D eigenvalue weighted by atomic mass is 16.5. The Morgan fingerprint density at radius 2 is 2.04 bits per heavy atom. The topological polar surface area (TPSA) is 116 Å². The van der Waals surface area contributed by atoms with Gasteiger partial charge < -0.3 is 15.6 Å². The summed E-state index contributed by atoms with van der Waals surface area (Å²) in [6.07, 6.45) is 9.32. The molecule has 0 spiro atoms. The summed E-state index contributed by atoms with van der Waals surface area (Å²) in [6.45, 7) is 0.591. The number of nitrogen functional groups attached to an aromatic ring is 1. The van der Waals surface area contributed by atoms with Crippen LogP contribution in [-0.2, 0) is 17.6 Å². The van der Waals surface area contributed by atoms with E-state index in [1.54, 1.807) is 6.07 Å². The van der Waals surface area contributed by atoms with Gasteiger partial charge in [0.1, 0.15) is 5.75 Å². The predicted molar refractivity (Wildman–Crippen MR) is 105 cm³/mol. The van der Waals surface area contributed by atoms with E-state index in [0.717, 1.165) is 36.4 Å². The van der Waals surface area contributed by atoms with Crippen molar-refractivity contribution in [3.8, 4) is 5.75 Å². The van der Waals surface area contributed by atoms with E-state index >= 15 is 0 Å². The van der Waals surface area contributed by atoms with Crippen LogP contribution in [-0.4, -0.2) is 37.9 Å². The Balaban J connectivity index is 1.42. The number of unbranched alkanes of at least 4 members (excludes halogenated alkanes) is 1. The zero-order valence-corrected chi connectivity index (χ0v) is 16.2. The van der Waals surface area contributed by atoms with Gasteiger partial charge in [-0.25, -0.2) is 4.68 Å². The Hall–Kier alpha value is -2.64. The van der Waals surface area contributed by atoms with Gasteiger partial charge in [-0.2, -0.15) is 0 Å². The van der Waals surface area contributed by atoms with E-state index in [1.165, 1.54) is 32.1 Å². The SMILES string of the molecule is Nc1ccc(OCCCCc2nnnn2C2CCCCC2)cc1CCC(=O)O. The first-order valence-corrected chi connectivity index (χ1v) is 10.1. The Labute approximate surface area is 165 Å². The molecule has 1 saturated carbocycles. The van der Waals surface area contributed by atoms with E-state index in [4.69, 9.17) is 15.6 Å². The second-order valence-electron chi connectivity index (χ2n) is 7.39. The molecule has 1 aliphatic rings. The quantitative estimate of drug-likeness (QED) is 0.475. The van der Waals surface area contributed by atoms with E-state index < -0.39 is 5.97 Å². The number of hydrogen-bond acceptors (Lipinski definition) is 6. The average Bonchev–Trinajstić information content (AvgIpc) is 3.17. The average molecular weight is 387 g/mol. The van der Waals surface area contributed by atoms with Gasteiger partial charge in [0.05, 0.1) is 12.6 Å². The summed E-state index contributed by atoms with van der Waals surface area (Å²) in [5, 5.41) is 21.1. The number of aryl methyl sites for hydroxylation is 2. The lowest BCUT2D eigenvalue weighted by molar-refractivity contribution is -0.136. The number of anilines is 1. The number of hydrogen-bond donors (Lipinski definition) is 2. The second kappa shape index (κ2) is 10.1. The summed E-state index contributed by atoms with van der Waals surface area (Å²) in [4.78, 5) is 10.7. The lowest BCUT2D eigenvalue weighted by atomic mass is 9.95. The van der Waals surface area contributed by atoms with Gasteiger partial charge in [0.15, 0.2) is 5.82 Å². The minimum Gasteiger partial charge on any atom is -0.494 e. The number of aliphatic carboxylic acids is 1. The van der Waals surface area contributed by atoms with Crippen LogP contribution in [0.25, 0.3) is 0 Å². The number of ether oxygens (including phenoxy) is 1. The second-order valence-corrected chi connectivity index (χ2v) is 7.39. The minimum atomic E-state index is -0.832. The standard InChI is InChI=1S/C20H29N5O3/c21-18-11-10-17(14-15(18)9-12-20(26)27)28-13-5-4-8-19-22-23-24-25(19)16-6-2-1-3-7-16/h10-11,14,16H,1-9,12-13,21H2,(H,26,27). The molecule has 0 aliphatic heterocycles. The van der Waals surface area contributed by atoms with Crippen molar-refractivity contribution in [1.29, 1.82) is 0 Å². The lowest BCUT2D eigenvalue weighted by Gasteiger charge is -2.22. The fraction of sp³-hybridized carbons (Fsp3) is 0.600. The predicted octanol–water partition coefficient (Wildman–Crippen LogP) is 3.18. The summed E-state index contributed by atoms with van der Waals surface area (Å²) < 4.78 is 7.84. The van der Waals surface area contributed by atoms with Crippen LogP contribution >= 0.6 is 0 Å². The first-order valence-electron chi connectivity index (χ1n) is 10.1. The van der Waals surface area contributed by atoms with Crippen LogP contribution in [0.1, 0.15) is 68.8 Å². The van der Waals surface area contributed by atoms with Crippen molar-refractivity contribution in [2.75, 3.05) is 12.3 Å². The van der Waals surface area contributed by atoms with Gasteiger partial charge >= 0.3 is 5.97 Å². The van der Waals surface area contributed by atoms with Gasteiger partial charge in [-0.3, -0.25) is 4.79 Å². The van der Waals surface area contributed by atoms with Crippen molar-refractivity contribution in [2.24, 2.45) is 0 Å². The number of nitrogens with zero attached hydrogens (tertiary/aromatic N) is 4. The number of rotatable bonds is 10. The zero-order chi connectivity index (χ0) is 19.8. The molecule has 8 heteroatoms. The van der Waals surface area contributed by atoms with E-state index in [-0.39, 0.29) is 6.42 Å². The van der Waals surface area contributed by atoms with Crippen LogP contribution in [0.2, 0.25) is 0 Å². The number of aromatic nitrogens is 4. The third-order valence-corrected chi connectivity index (χ3v) is 5.27. The minimum absolute atomic E-state index is 0.0589. The number of carbonyl (C=O) groups is 1. The van der Waals surface area contributed by atoms with E-state index in [9.17, 15) is 4.79 Å². The summed E-state index contributed by atoms with van der Waals surface area (Å²) >= 11 is 0. The molecule has 1 aromatic carbocycles. The van der Waals surface area contributed by atoms with Crippen molar-refractivity contribution in [2.45, 2.75) is 70.3 Å². The number of benzene rings is 1. The largest absolute Gasteiger partial charge is 0.494 e. The Morgan fingerprint density at radius 1 is 1.21 bits per heavy atom.